The molecule has 1 heterocycles. The molecule has 0 spiro atoms. The van der Waals surface area contributed by atoms with E-state index in [-0.39, 0.29) is 17.9 Å². The summed E-state index contributed by atoms with van der Waals surface area (Å²) in [5, 5.41) is 3.59. The van der Waals surface area contributed by atoms with Gasteiger partial charge in [0.05, 0.1) is 10.0 Å². The van der Waals surface area contributed by atoms with E-state index in [1.807, 2.05) is 24.8 Å². The van der Waals surface area contributed by atoms with E-state index in [2.05, 4.69) is 12.2 Å². The number of hydrogen-bond acceptors (Lipinski definition) is 3. The third-order valence-corrected chi connectivity index (χ3v) is 5.90. The Kier molecular flexibility index (Phi) is 6.70. The molecule has 3 rings (SSSR count). The second-order valence-electron chi connectivity index (χ2n) is 7.14. The van der Waals surface area contributed by atoms with Gasteiger partial charge in [-0.15, -0.1) is 0 Å². The minimum Gasteiger partial charge on any atom is -0.480 e. The Morgan fingerprint density at radius 3 is 2.62 bits per heavy atom. The number of carbonyl (C=O) groups is 2. The number of anilines is 1. The standard InChI is InChI=1S/C22H24Cl2N2O3/c1-4-13(3)26-12-15-10-16(7-9-20(15)29-19(5-2)22(26)28)25-21(27)14-6-8-17(23)18(24)11-14/h6-11,13,19H,4-5,12H2,1-3H3,(H,25,27)/t13-,19-/m1/s1. The van der Waals surface area contributed by atoms with Crippen molar-refractivity contribution in [1.82, 2.24) is 4.90 Å². The van der Waals surface area contributed by atoms with Gasteiger partial charge in [0.15, 0.2) is 6.10 Å². The number of rotatable bonds is 5. The number of nitrogens with zero attached hydrogens (tertiary/aromatic N) is 1. The van der Waals surface area contributed by atoms with Crippen LogP contribution in [0.2, 0.25) is 10.0 Å². The molecule has 2 amide bonds. The van der Waals surface area contributed by atoms with E-state index >= 15 is 0 Å². The molecular formula is C22H24Cl2N2O3. The average molecular weight is 435 g/mol. The Hall–Kier alpha value is -2.24. The second kappa shape index (κ2) is 9.06. The first-order valence-corrected chi connectivity index (χ1v) is 10.5. The molecule has 1 aliphatic heterocycles. The van der Waals surface area contributed by atoms with Crippen LogP contribution >= 0.6 is 23.2 Å². The van der Waals surface area contributed by atoms with Gasteiger partial charge in [0.25, 0.3) is 11.8 Å². The number of halogens is 2. The molecule has 2 atom stereocenters. The van der Waals surface area contributed by atoms with Gasteiger partial charge in [-0.3, -0.25) is 9.59 Å². The fourth-order valence-electron chi connectivity index (χ4n) is 3.24. The SMILES string of the molecule is CC[C@@H](C)N1Cc2cc(NC(=O)c3ccc(Cl)c(Cl)c3)ccc2O[C@H](CC)C1=O. The summed E-state index contributed by atoms with van der Waals surface area (Å²) >= 11 is 11.9. The van der Waals surface area contributed by atoms with Crippen LogP contribution in [-0.2, 0) is 11.3 Å². The number of nitrogens with one attached hydrogen (secondary N) is 1. The highest BCUT2D eigenvalue weighted by Crippen LogP contribution is 2.31. The molecule has 154 valence electrons. The van der Waals surface area contributed by atoms with Crippen molar-refractivity contribution in [3.63, 3.8) is 0 Å². The lowest BCUT2D eigenvalue weighted by Gasteiger charge is -2.28. The normalized spacial score (nSPS) is 17.2. The zero-order valence-corrected chi connectivity index (χ0v) is 18.2. The van der Waals surface area contributed by atoms with E-state index in [1.54, 1.807) is 24.3 Å². The zero-order chi connectivity index (χ0) is 21.1. The minimum atomic E-state index is -0.498. The minimum absolute atomic E-state index is 0.000517. The van der Waals surface area contributed by atoms with Crippen LogP contribution in [0.5, 0.6) is 5.75 Å². The molecule has 0 radical (unpaired) electrons. The highest BCUT2D eigenvalue weighted by atomic mass is 35.5. The van der Waals surface area contributed by atoms with E-state index in [0.29, 0.717) is 40.0 Å². The van der Waals surface area contributed by atoms with Gasteiger partial charge in [0.1, 0.15) is 5.75 Å². The molecule has 0 saturated heterocycles. The van der Waals surface area contributed by atoms with Crippen molar-refractivity contribution in [2.24, 2.45) is 0 Å². The van der Waals surface area contributed by atoms with Gasteiger partial charge in [-0.05, 0) is 56.2 Å². The summed E-state index contributed by atoms with van der Waals surface area (Å²) < 4.78 is 5.98. The third-order valence-electron chi connectivity index (χ3n) is 5.16. The maximum absolute atomic E-state index is 12.9. The highest BCUT2D eigenvalue weighted by molar-refractivity contribution is 6.42. The number of hydrogen-bond donors (Lipinski definition) is 1. The van der Waals surface area contributed by atoms with E-state index in [1.165, 1.54) is 6.07 Å². The van der Waals surface area contributed by atoms with Crippen LogP contribution in [0.3, 0.4) is 0 Å². The van der Waals surface area contributed by atoms with Gasteiger partial charge < -0.3 is 15.0 Å². The van der Waals surface area contributed by atoms with Crippen molar-refractivity contribution in [3.8, 4) is 5.75 Å². The molecule has 2 aromatic rings. The first kappa shape index (κ1) is 21.5. The van der Waals surface area contributed by atoms with Crippen molar-refractivity contribution in [2.75, 3.05) is 5.32 Å². The predicted octanol–water partition coefficient (Wildman–Crippen LogP) is 5.54. The first-order chi connectivity index (χ1) is 13.8. The molecule has 0 unspecified atom stereocenters. The molecule has 1 aliphatic rings. The van der Waals surface area contributed by atoms with E-state index < -0.39 is 6.10 Å². The van der Waals surface area contributed by atoms with Crippen LogP contribution in [0.25, 0.3) is 0 Å². The summed E-state index contributed by atoms with van der Waals surface area (Å²) in [6.07, 6.45) is 0.952. The van der Waals surface area contributed by atoms with Crippen LogP contribution < -0.4 is 10.1 Å². The fourth-order valence-corrected chi connectivity index (χ4v) is 3.54. The largest absolute Gasteiger partial charge is 0.480 e. The first-order valence-electron chi connectivity index (χ1n) is 9.70. The summed E-state index contributed by atoms with van der Waals surface area (Å²) in [5.41, 5.74) is 1.89. The monoisotopic (exact) mass is 434 g/mol. The lowest BCUT2D eigenvalue weighted by Crippen LogP contribution is -2.43. The molecule has 7 heteroatoms. The summed E-state index contributed by atoms with van der Waals surface area (Å²) in [7, 11) is 0. The molecular weight excluding hydrogens is 411 g/mol. The van der Waals surface area contributed by atoms with Crippen molar-refractivity contribution in [2.45, 2.75) is 52.3 Å². The van der Waals surface area contributed by atoms with Gasteiger partial charge in [-0.1, -0.05) is 37.0 Å². The van der Waals surface area contributed by atoms with Gasteiger partial charge in [0, 0.05) is 29.4 Å². The van der Waals surface area contributed by atoms with Gasteiger partial charge >= 0.3 is 0 Å². The zero-order valence-electron chi connectivity index (χ0n) is 16.7. The summed E-state index contributed by atoms with van der Waals surface area (Å²) in [6, 6.07) is 10.3. The smallest absolute Gasteiger partial charge is 0.264 e. The fraction of sp³-hybridized carbons (Fsp3) is 0.364. The second-order valence-corrected chi connectivity index (χ2v) is 7.96. The molecule has 0 bridgehead atoms. The van der Waals surface area contributed by atoms with Crippen molar-refractivity contribution >= 4 is 40.7 Å². The van der Waals surface area contributed by atoms with E-state index in [4.69, 9.17) is 27.9 Å². The van der Waals surface area contributed by atoms with Gasteiger partial charge in [-0.25, -0.2) is 0 Å². The van der Waals surface area contributed by atoms with Crippen LogP contribution in [0, 0.1) is 0 Å². The Labute approximate surface area is 180 Å². The molecule has 0 saturated carbocycles. The average Bonchev–Trinajstić information content (AvgIpc) is 2.85. The Balaban J connectivity index is 1.87. The van der Waals surface area contributed by atoms with E-state index in [9.17, 15) is 9.59 Å². The van der Waals surface area contributed by atoms with Crippen LogP contribution in [0.4, 0.5) is 5.69 Å². The van der Waals surface area contributed by atoms with Gasteiger partial charge in [0.2, 0.25) is 0 Å². The molecule has 2 aromatic carbocycles. The summed E-state index contributed by atoms with van der Waals surface area (Å²) in [4.78, 5) is 27.3. The third kappa shape index (κ3) is 4.68. The summed E-state index contributed by atoms with van der Waals surface area (Å²) in [5.74, 6) is 0.377. The number of benzene rings is 2. The van der Waals surface area contributed by atoms with Crippen molar-refractivity contribution in [3.05, 3.63) is 57.6 Å². The Bertz CT molecular complexity index is 932. The molecule has 5 nitrogen and oxygen atoms in total. The molecule has 1 N–H and O–H groups in total. The number of fused-ring (bicyclic) bond motifs is 1. The molecule has 0 aromatic heterocycles. The van der Waals surface area contributed by atoms with Crippen molar-refractivity contribution in [1.29, 1.82) is 0 Å². The van der Waals surface area contributed by atoms with E-state index in [0.717, 1.165) is 12.0 Å². The van der Waals surface area contributed by atoms with Gasteiger partial charge in [-0.2, -0.15) is 0 Å². The maximum atomic E-state index is 12.9. The molecule has 0 fully saturated rings. The van der Waals surface area contributed by atoms with Crippen LogP contribution in [0.1, 0.15) is 49.5 Å². The maximum Gasteiger partial charge on any atom is 0.264 e. The molecule has 29 heavy (non-hydrogen) atoms. The van der Waals surface area contributed by atoms with Crippen LogP contribution in [-0.4, -0.2) is 28.9 Å². The number of carbonyl (C=O) groups excluding carboxylic acids is 2. The summed E-state index contributed by atoms with van der Waals surface area (Å²) in [6.45, 7) is 6.47. The van der Waals surface area contributed by atoms with Crippen LogP contribution in [0.15, 0.2) is 36.4 Å². The quantitative estimate of drug-likeness (QED) is 0.671. The number of amides is 2. The topological polar surface area (TPSA) is 58.6 Å². The Morgan fingerprint density at radius 1 is 1.21 bits per heavy atom. The lowest BCUT2D eigenvalue weighted by molar-refractivity contribution is -0.140. The Morgan fingerprint density at radius 2 is 1.97 bits per heavy atom. The molecule has 0 aliphatic carbocycles. The number of ether oxygens (including phenoxy) is 1. The highest BCUT2D eigenvalue weighted by Gasteiger charge is 2.32. The lowest BCUT2D eigenvalue weighted by atomic mass is 10.1. The predicted molar refractivity (Wildman–Crippen MR) is 116 cm³/mol. The van der Waals surface area contributed by atoms with Crippen molar-refractivity contribution < 1.29 is 14.3 Å².